The number of ether oxygens (including phenoxy) is 2. The summed E-state index contributed by atoms with van der Waals surface area (Å²) in [5.41, 5.74) is 1.61. The van der Waals surface area contributed by atoms with E-state index in [0.717, 1.165) is 12.5 Å². The zero-order valence-electron chi connectivity index (χ0n) is 20.5. The largest absolute Gasteiger partial charge is 0.381 e. The molecule has 2 unspecified atom stereocenters. The second-order valence-corrected chi connectivity index (χ2v) is 13.1. The molecule has 1 rings (SSSR count). The standard InChI is InChI=1S/C22H37FO7S2/c1-10-21(6,31(23,24)25)22(7,11-2)32(26,27)30-19-16(14-28-8)12-18(20(3,4)5)13-17(19)15-29-9/h12-13H,10-11,14-15H2,1-9H3. The lowest BCUT2D eigenvalue weighted by Gasteiger charge is -2.40. The van der Waals surface area contributed by atoms with Crippen LogP contribution in [0.4, 0.5) is 3.89 Å². The molecule has 0 bridgehead atoms. The van der Waals surface area contributed by atoms with Gasteiger partial charge < -0.3 is 13.7 Å². The molecule has 0 N–H and O–H groups in total. The Morgan fingerprint density at radius 3 is 1.50 bits per heavy atom. The summed E-state index contributed by atoms with van der Waals surface area (Å²) in [4.78, 5) is 0. The molecule has 0 saturated carbocycles. The smallest absolute Gasteiger partial charge is 0.316 e. The Morgan fingerprint density at radius 2 is 1.22 bits per heavy atom. The van der Waals surface area contributed by atoms with E-state index in [2.05, 4.69) is 0 Å². The van der Waals surface area contributed by atoms with Gasteiger partial charge in [0.15, 0.2) is 5.75 Å². The predicted octanol–water partition coefficient (Wildman–Crippen LogP) is 4.62. The summed E-state index contributed by atoms with van der Waals surface area (Å²) in [5.74, 6) is 0.0103. The monoisotopic (exact) mass is 496 g/mol. The van der Waals surface area contributed by atoms with Gasteiger partial charge in [-0.3, -0.25) is 0 Å². The van der Waals surface area contributed by atoms with Crippen LogP contribution in [-0.2, 0) is 48.4 Å². The SMILES string of the molecule is CCC(C)(C(C)(CC)S(=O)(=O)Oc1c(COC)cc(C(C)(C)C)cc1COC)S(=O)(=O)F. The number of hydrogen-bond acceptors (Lipinski definition) is 7. The number of hydrogen-bond donors (Lipinski definition) is 0. The fourth-order valence-electron chi connectivity index (χ4n) is 3.64. The zero-order chi connectivity index (χ0) is 25.2. The summed E-state index contributed by atoms with van der Waals surface area (Å²) in [5, 5.41) is 0. The highest BCUT2D eigenvalue weighted by molar-refractivity contribution is 7.92. The molecular weight excluding hydrogens is 459 g/mol. The van der Waals surface area contributed by atoms with Crippen molar-refractivity contribution in [3.63, 3.8) is 0 Å². The molecule has 32 heavy (non-hydrogen) atoms. The third-order valence-electron chi connectivity index (χ3n) is 6.46. The molecule has 0 aromatic heterocycles. The van der Waals surface area contributed by atoms with Gasteiger partial charge in [-0.25, -0.2) is 0 Å². The third-order valence-corrected chi connectivity index (χ3v) is 10.6. The van der Waals surface area contributed by atoms with Gasteiger partial charge in [-0.2, -0.15) is 16.8 Å². The van der Waals surface area contributed by atoms with E-state index in [1.807, 2.05) is 20.8 Å². The Balaban J connectivity index is 3.83. The maximum Gasteiger partial charge on any atom is 0.316 e. The molecule has 0 spiro atoms. The van der Waals surface area contributed by atoms with E-state index in [4.69, 9.17) is 13.7 Å². The number of rotatable bonds is 11. The molecule has 0 heterocycles. The minimum atomic E-state index is -5.24. The Kier molecular flexibility index (Phi) is 8.95. The number of halogens is 1. The summed E-state index contributed by atoms with van der Waals surface area (Å²) >= 11 is 0. The molecule has 1 aromatic carbocycles. The molecule has 0 amide bonds. The van der Waals surface area contributed by atoms with Crippen molar-refractivity contribution in [1.29, 1.82) is 0 Å². The van der Waals surface area contributed by atoms with E-state index in [1.54, 1.807) is 12.1 Å². The van der Waals surface area contributed by atoms with Crippen molar-refractivity contribution in [2.75, 3.05) is 14.2 Å². The van der Waals surface area contributed by atoms with Crippen molar-refractivity contribution < 1.29 is 34.4 Å². The van der Waals surface area contributed by atoms with Crippen LogP contribution in [0, 0.1) is 0 Å². The lowest BCUT2D eigenvalue weighted by Crippen LogP contribution is -2.59. The van der Waals surface area contributed by atoms with Crippen LogP contribution in [0.15, 0.2) is 12.1 Å². The summed E-state index contributed by atoms with van der Waals surface area (Å²) in [6, 6.07) is 3.59. The van der Waals surface area contributed by atoms with Gasteiger partial charge in [-0.05, 0) is 49.8 Å². The minimum absolute atomic E-state index is 0.0103. The van der Waals surface area contributed by atoms with E-state index in [1.165, 1.54) is 35.0 Å². The fourth-order valence-corrected chi connectivity index (χ4v) is 6.89. The van der Waals surface area contributed by atoms with Crippen LogP contribution in [0.5, 0.6) is 5.75 Å². The van der Waals surface area contributed by atoms with Crippen LogP contribution in [0.1, 0.15) is 78.0 Å². The first-order valence-corrected chi connectivity index (χ1v) is 13.3. The van der Waals surface area contributed by atoms with Crippen LogP contribution < -0.4 is 4.18 Å². The second kappa shape index (κ2) is 9.95. The minimum Gasteiger partial charge on any atom is -0.381 e. The highest BCUT2D eigenvalue weighted by Crippen LogP contribution is 2.45. The van der Waals surface area contributed by atoms with E-state index < -0.39 is 29.8 Å². The first kappa shape index (κ1) is 28.8. The molecule has 1 aromatic rings. The van der Waals surface area contributed by atoms with Crippen LogP contribution in [-0.4, -0.2) is 40.5 Å². The first-order chi connectivity index (χ1) is 14.5. The maximum atomic E-state index is 14.4. The fraction of sp³-hybridized carbons (Fsp3) is 0.727. The average molecular weight is 497 g/mol. The van der Waals surface area contributed by atoms with Gasteiger partial charge in [0.25, 0.3) is 0 Å². The molecular formula is C22H37FO7S2. The molecule has 186 valence electrons. The molecule has 0 fully saturated rings. The van der Waals surface area contributed by atoms with Gasteiger partial charge in [0.2, 0.25) is 0 Å². The lowest BCUT2D eigenvalue weighted by atomic mass is 9.85. The summed E-state index contributed by atoms with van der Waals surface area (Å²) < 4.78 is 77.5. The van der Waals surface area contributed by atoms with Crippen molar-refractivity contribution in [3.05, 3.63) is 28.8 Å². The van der Waals surface area contributed by atoms with Crippen molar-refractivity contribution in [2.24, 2.45) is 0 Å². The van der Waals surface area contributed by atoms with Crippen molar-refractivity contribution in [3.8, 4) is 5.75 Å². The van der Waals surface area contributed by atoms with E-state index >= 15 is 0 Å². The third kappa shape index (κ3) is 5.29. The lowest BCUT2D eigenvalue weighted by molar-refractivity contribution is 0.176. The molecule has 10 heteroatoms. The van der Waals surface area contributed by atoms with Crippen LogP contribution in [0.3, 0.4) is 0 Å². The maximum absolute atomic E-state index is 14.4. The highest BCUT2D eigenvalue weighted by atomic mass is 32.3. The van der Waals surface area contributed by atoms with Gasteiger partial charge in [0.05, 0.1) is 13.2 Å². The van der Waals surface area contributed by atoms with Crippen LogP contribution in [0.25, 0.3) is 0 Å². The van der Waals surface area contributed by atoms with Gasteiger partial charge in [-0.15, -0.1) is 3.89 Å². The Bertz CT molecular complexity index is 986. The van der Waals surface area contributed by atoms with Crippen molar-refractivity contribution in [2.45, 2.75) is 89.4 Å². The molecule has 2 atom stereocenters. The van der Waals surface area contributed by atoms with Crippen molar-refractivity contribution >= 4 is 20.3 Å². The highest BCUT2D eigenvalue weighted by Gasteiger charge is 2.61. The van der Waals surface area contributed by atoms with Crippen LogP contribution >= 0.6 is 0 Å². The zero-order valence-corrected chi connectivity index (χ0v) is 22.2. The first-order valence-electron chi connectivity index (χ1n) is 10.5. The summed E-state index contributed by atoms with van der Waals surface area (Å²) in [6.07, 6.45) is -0.431. The van der Waals surface area contributed by atoms with E-state index in [0.29, 0.717) is 11.1 Å². The Morgan fingerprint density at radius 1 is 0.812 bits per heavy atom. The van der Waals surface area contributed by atoms with Gasteiger partial charge >= 0.3 is 20.3 Å². The average Bonchev–Trinajstić information content (AvgIpc) is 2.67. The van der Waals surface area contributed by atoms with E-state index in [-0.39, 0.29) is 37.2 Å². The van der Waals surface area contributed by atoms with Gasteiger partial charge in [0, 0.05) is 25.3 Å². The molecule has 0 saturated heterocycles. The second-order valence-electron chi connectivity index (χ2n) is 9.38. The topological polar surface area (TPSA) is 96.0 Å². The number of methoxy groups -OCH3 is 2. The predicted molar refractivity (Wildman–Crippen MR) is 124 cm³/mol. The molecule has 0 aliphatic heterocycles. The summed E-state index contributed by atoms with van der Waals surface area (Å²) in [6.45, 7) is 11.4. The van der Waals surface area contributed by atoms with Gasteiger partial charge in [0.1, 0.15) is 9.49 Å². The quantitative estimate of drug-likeness (QED) is 0.326. The Hall–Kier alpha value is -1.23. The molecule has 0 aliphatic rings. The molecule has 0 radical (unpaired) electrons. The number of benzene rings is 1. The van der Waals surface area contributed by atoms with Crippen LogP contribution in [0.2, 0.25) is 0 Å². The molecule has 0 aliphatic carbocycles. The normalized spacial score (nSPS) is 16.9. The Labute approximate surface area is 193 Å². The summed E-state index contributed by atoms with van der Waals surface area (Å²) in [7, 11) is -6.93. The van der Waals surface area contributed by atoms with Crippen molar-refractivity contribution in [1.82, 2.24) is 0 Å². The van der Waals surface area contributed by atoms with E-state index in [9.17, 15) is 20.7 Å². The molecule has 7 nitrogen and oxygen atoms in total. The van der Waals surface area contributed by atoms with Gasteiger partial charge in [-0.1, -0.05) is 34.6 Å².